The van der Waals surface area contributed by atoms with Crippen molar-refractivity contribution in [2.24, 2.45) is 5.73 Å². The van der Waals surface area contributed by atoms with Gasteiger partial charge in [-0.1, -0.05) is 46.4 Å². The summed E-state index contributed by atoms with van der Waals surface area (Å²) in [6.07, 6.45) is 6.66. The summed E-state index contributed by atoms with van der Waals surface area (Å²) < 4.78 is 42.6. The zero-order chi connectivity index (χ0) is 54.5. The monoisotopic (exact) mass is 1140 g/mol. The second kappa shape index (κ2) is 31.1. The molecule has 6 rings (SSSR count). The number of alkyl carbamates (subject to hydrolysis) is 1. The second-order valence-electron chi connectivity index (χ2n) is 17.0. The van der Waals surface area contributed by atoms with E-state index in [1.807, 2.05) is 0 Å². The van der Waals surface area contributed by atoms with E-state index in [0.717, 1.165) is 0 Å². The highest BCUT2D eigenvalue weighted by Crippen LogP contribution is 2.42. The van der Waals surface area contributed by atoms with Crippen LogP contribution in [0.5, 0.6) is 0 Å². The van der Waals surface area contributed by atoms with Gasteiger partial charge in [-0.15, -0.1) is 12.4 Å². The summed E-state index contributed by atoms with van der Waals surface area (Å²) in [6, 6.07) is 4.35. The maximum atomic E-state index is 14.4. The lowest BCUT2D eigenvalue weighted by molar-refractivity contribution is -0.143. The van der Waals surface area contributed by atoms with Crippen LogP contribution in [0.25, 0.3) is 0 Å². The van der Waals surface area contributed by atoms with Crippen molar-refractivity contribution in [1.82, 2.24) is 20.3 Å². The van der Waals surface area contributed by atoms with Crippen molar-refractivity contribution >= 4 is 106 Å². The number of carbonyl (C=O) groups is 6. The first-order valence-electron chi connectivity index (χ1n) is 23.0. The van der Waals surface area contributed by atoms with Gasteiger partial charge in [0.2, 0.25) is 0 Å². The van der Waals surface area contributed by atoms with Gasteiger partial charge < -0.3 is 60.3 Å². The molecule has 27 heteroatoms. The normalized spacial score (nSPS) is 21.7. The largest absolute Gasteiger partial charge is 0.469 e. The zero-order valence-corrected chi connectivity index (χ0v) is 45.4. The lowest BCUT2D eigenvalue weighted by atomic mass is 9.73. The first kappa shape index (κ1) is 65.0. The van der Waals surface area contributed by atoms with E-state index in [4.69, 9.17) is 66.3 Å². The topological polar surface area (TPSA) is 299 Å². The molecule has 0 aliphatic heterocycles. The fourth-order valence-corrected chi connectivity index (χ4v) is 8.33. The minimum Gasteiger partial charge on any atom is -0.469 e. The van der Waals surface area contributed by atoms with E-state index < -0.39 is 46.8 Å². The summed E-state index contributed by atoms with van der Waals surface area (Å²) >= 11 is 23.1. The molecule has 3 heterocycles. The van der Waals surface area contributed by atoms with Gasteiger partial charge in [-0.2, -0.15) is 0 Å². The van der Waals surface area contributed by atoms with Crippen molar-refractivity contribution < 1.29 is 71.8 Å². The molecule has 21 nitrogen and oxygen atoms in total. The number of esters is 5. The van der Waals surface area contributed by atoms with Crippen molar-refractivity contribution in [2.45, 2.75) is 120 Å². The Bertz CT molecular complexity index is 2250. The number of rotatable bonds is 18. The number of aromatic nitrogens is 3. The number of pyridine rings is 3. The Morgan fingerprint density at radius 1 is 0.635 bits per heavy atom. The molecule has 74 heavy (non-hydrogen) atoms. The molecule has 3 aromatic heterocycles. The third-order valence-corrected chi connectivity index (χ3v) is 12.2. The maximum Gasteiger partial charge on any atom is 0.406 e. The molecule has 3 aliphatic carbocycles. The van der Waals surface area contributed by atoms with Crippen LogP contribution in [0.3, 0.4) is 0 Å². The van der Waals surface area contributed by atoms with Crippen LogP contribution < -0.4 is 21.7 Å². The van der Waals surface area contributed by atoms with Gasteiger partial charge in [-0.25, -0.2) is 38.5 Å². The lowest BCUT2D eigenvalue weighted by Crippen LogP contribution is -2.57. The molecule has 3 saturated carbocycles. The molecule has 0 unspecified atom stereocenters. The molecule has 1 amide bonds. The van der Waals surface area contributed by atoms with Gasteiger partial charge in [0.15, 0.2) is 0 Å². The Kier molecular flexibility index (Phi) is 27.3. The molecule has 7 N–H and O–H groups in total. The summed E-state index contributed by atoms with van der Waals surface area (Å²) in [5.41, 5.74) is 4.16. The highest BCUT2D eigenvalue weighted by molar-refractivity contribution is 6.36. The number of ether oxygens (including phenoxy) is 6. The van der Waals surface area contributed by atoms with Crippen molar-refractivity contribution in [3.63, 3.8) is 0 Å². The number of halogens is 6. The Hall–Kier alpha value is -5.07. The van der Waals surface area contributed by atoms with Gasteiger partial charge in [-0.05, 0) is 77.5 Å². The van der Waals surface area contributed by atoms with Gasteiger partial charge in [0.1, 0.15) is 32.3 Å². The smallest absolute Gasteiger partial charge is 0.406 e. The van der Waals surface area contributed by atoms with Gasteiger partial charge in [0.05, 0.1) is 74.3 Å². The van der Waals surface area contributed by atoms with Crippen LogP contribution >= 0.6 is 58.8 Å². The number of aliphatic hydroxyl groups is 2. The Morgan fingerprint density at radius 2 is 1.04 bits per heavy atom. The Labute approximate surface area is 454 Å². The standard InChI is InChI=1S/C16H20ClFN2O4.C16H21ClN2O5.C8H7Cl2NO2.C7H14N2O3.ClH/c1-3-24-15(22)11-9-19-13(17)6-12(11)20-10-7-16(18,8-10)5-4-14(21)23-2;1-3-24-15(21)11-9-18-13(17)6-12(11)19-10-7-16(22,8-10)5-4-14(20)23-2;1-2-13-8(12)5-4-11-7(10)3-6(5)9;1-12-6(10)9-4-7(11)2-5(8)3-7;/h6,9-10H,3-5,7-8H2,1-2H3,(H,19,20);6,9-10,22H,3-5,7-8H2,1-2H3,(H,18,19);3-4H,2H2,1H3;5,11H,2-4,8H2,1H3,(H,9,10);1H. The number of amides is 1. The molecular formula is C47H63Cl5FN7O14. The summed E-state index contributed by atoms with van der Waals surface area (Å²) in [7, 11) is 3.88. The zero-order valence-electron chi connectivity index (χ0n) is 41.6. The number of nitrogens with zero attached hydrogens (tertiary/aromatic N) is 3. The van der Waals surface area contributed by atoms with Crippen LogP contribution in [0.15, 0.2) is 36.8 Å². The minimum absolute atomic E-state index is 0. The van der Waals surface area contributed by atoms with Crippen LogP contribution in [-0.4, -0.2) is 144 Å². The molecule has 412 valence electrons. The first-order valence-corrected chi connectivity index (χ1v) is 24.5. The van der Waals surface area contributed by atoms with Crippen LogP contribution in [-0.2, 0) is 38.0 Å². The molecule has 0 saturated heterocycles. The molecular weight excluding hydrogens is 1080 g/mol. The lowest BCUT2D eigenvalue weighted by Gasteiger charge is -2.44. The quantitative estimate of drug-likeness (QED) is 0.0408. The van der Waals surface area contributed by atoms with Crippen molar-refractivity contribution in [2.75, 3.05) is 58.3 Å². The fourth-order valence-electron chi connectivity index (χ4n) is 7.58. The van der Waals surface area contributed by atoms with E-state index in [0.29, 0.717) is 55.6 Å². The predicted molar refractivity (Wildman–Crippen MR) is 275 cm³/mol. The first-order chi connectivity index (χ1) is 34.4. The number of hydrogen-bond acceptors (Lipinski definition) is 20. The number of hydrogen-bond donors (Lipinski definition) is 6. The summed E-state index contributed by atoms with van der Waals surface area (Å²) in [6.45, 7) is 6.17. The number of methoxy groups -OCH3 is 3. The van der Waals surface area contributed by atoms with Gasteiger partial charge in [0.25, 0.3) is 0 Å². The SMILES string of the molecule is CCOC(=O)c1cnc(Cl)cc1Cl.CCOC(=O)c1cnc(Cl)cc1NC1CC(F)(CCC(=O)OC)C1.CCOC(=O)c1cnc(Cl)cc1NC1CC(O)(CCC(=O)OC)C1.COC(=O)NCC1(O)CC(N)C1.Cl. The predicted octanol–water partition coefficient (Wildman–Crippen LogP) is 7.50. The number of anilines is 2. The highest BCUT2D eigenvalue weighted by Gasteiger charge is 2.46. The summed E-state index contributed by atoms with van der Waals surface area (Å²) in [5.74, 6) is -2.25. The molecule has 3 aliphatic rings. The van der Waals surface area contributed by atoms with E-state index in [1.165, 1.54) is 52.1 Å². The molecule has 0 aromatic carbocycles. The third kappa shape index (κ3) is 21.3. The van der Waals surface area contributed by atoms with Crippen molar-refractivity contribution in [3.05, 3.63) is 74.0 Å². The fraction of sp³-hybridized carbons (Fsp3) is 0.553. The average molecular weight is 1150 g/mol. The number of nitrogens with two attached hydrogens (primary N) is 1. The van der Waals surface area contributed by atoms with Crippen molar-refractivity contribution in [3.8, 4) is 0 Å². The minimum atomic E-state index is -1.40. The Balaban J connectivity index is 0.000000352. The highest BCUT2D eigenvalue weighted by atomic mass is 35.5. The maximum absolute atomic E-state index is 14.4. The van der Waals surface area contributed by atoms with Gasteiger partial charge in [0, 0.05) is 68.9 Å². The summed E-state index contributed by atoms with van der Waals surface area (Å²) in [4.78, 5) is 79.5. The van der Waals surface area contributed by atoms with Gasteiger partial charge >= 0.3 is 35.9 Å². The van der Waals surface area contributed by atoms with E-state index in [9.17, 15) is 43.4 Å². The average Bonchev–Trinajstić information content (AvgIpc) is 3.31. The van der Waals surface area contributed by atoms with E-state index in [2.05, 4.69) is 45.1 Å². The summed E-state index contributed by atoms with van der Waals surface area (Å²) in [5, 5.41) is 29.6. The van der Waals surface area contributed by atoms with Gasteiger partial charge in [-0.3, -0.25) is 9.59 Å². The van der Waals surface area contributed by atoms with Crippen LogP contribution in [0.4, 0.5) is 20.6 Å². The third-order valence-electron chi connectivity index (χ3n) is 11.3. The van der Waals surface area contributed by atoms with Crippen LogP contribution in [0, 0.1) is 0 Å². The molecule has 0 bridgehead atoms. The second-order valence-corrected chi connectivity index (χ2v) is 18.6. The Morgan fingerprint density at radius 3 is 1.45 bits per heavy atom. The molecule has 0 spiro atoms. The van der Waals surface area contributed by atoms with E-state index in [1.54, 1.807) is 26.8 Å². The van der Waals surface area contributed by atoms with E-state index in [-0.39, 0.29) is 120 Å². The number of carbonyl (C=O) groups excluding carboxylic acids is 6. The van der Waals surface area contributed by atoms with Crippen molar-refractivity contribution in [1.29, 1.82) is 0 Å². The molecule has 0 atom stereocenters. The van der Waals surface area contributed by atoms with E-state index >= 15 is 0 Å². The number of alkyl halides is 1. The molecule has 3 aromatic rings. The van der Waals surface area contributed by atoms with Crippen LogP contribution in [0.1, 0.15) is 116 Å². The van der Waals surface area contributed by atoms with Crippen LogP contribution in [0.2, 0.25) is 20.5 Å². The molecule has 0 radical (unpaired) electrons. The molecule has 3 fully saturated rings. The number of nitrogens with one attached hydrogen (secondary N) is 3.